The standard InChI is InChI=1S/C13H16N4O/c1-9(2)13-16-11(14-3)7-12(17-13)18-10-5-4-6-15-8-10/h4-9H,1-3H3,(H,14,16,17). The van der Waals surface area contributed by atoms with E-state index in [4.69, 9.17) is 4.74 Å². The van der Waals surface area contributed by atoms with Gasteiger partial charge in [-0.3, -0.25) is 4.98 Å². The van der Waals surface area contributed by atoms with Crippen molar-refractivity contribution in [2.45, 2.75) is 19.8 Å². The highest BCUT2D eigenvalue weighted by atomic mass is 16.5. The van der Waals surface area contributed by atoms with Crippen LogP contribution in [0.25, 0.3) is 0 Å². The fourth-order valence-corrected chi connectivity index (χ4v) is 1.41. The van der Waals surface area contributed by atoms with Crippen LogP contribution >= 0.6 is 0 Å². The molecule has 5 heteroatoms. The first kappa shape index (κ1) is 12.3. The number of rotatable bonds is 4. The average Bonchev–Trinajstić information content (AvgIpc) is 2.39. The molecule has 0 aromatic carbocycles. The van der Waals surface area contributed by atoms with Crippen LogP contribution in [-0.4, -0.2) is 22.0 Å². The molecule has 0 saturated carbocycles. The molecule has 0 aliphatic rings. The van der Waals surface area contributed by atoms with Gasteiger partial charge < -0.3 is 10.1 Å². The van der Waals surface area contributed by atoms with E-state index in [-0.39, 0.29) is 5.92 Å². The summed E-state index contributed by atoms with van der Waals surface area (Å²) in [4.78, 5) is 12.7. The monoisotopic (exact) mass is 244 g/mol. The lowest BCUT2D eigenvalue weighted by Crippen LogP contribution is -2.03. The Morgan fingerprint density at radius 1 is 1.28 bits per heavy atom. The van der Waals surface area contributed by atoms with E-state index in [1.165, 1.54) is 0 Å². The molecule has 2 rings (SSSR count). The Labute approximate surface area is 106 Å². The predicted molar refractivity (Wildman–Crippen MR) is 70.0 cm³/mol. The second-order valence-corrected chi connectivity index (χ2v) is 4.15. The fraction of sp³-hybridized carbons (Fsp3) is 0.308. The molecule has 0 fully saturated rings. The molecular formula is C13H16N4O. The molecule has 2 heterocycles. The number of hydrogen-bond donors (Lipinski definition) is 1. The number of nitrogens with one attached hydrogen (secondary N) is 1. The number of pyridine rings is 1. The highest BCUT2D eigenvalue weighted by Crippen LogP contribution is 2.22. The van der Waals surface area contributed by atoms with Crippen LogP contribution in [0.15, 0.2) is 30.6 Å². The van der Waals surface area contributed by atoms with Crippen LogP contribution in [0.1, 0.15) is 25.6 Å². The molecule has 0 unspecified atom stereocenters. The van der Waals surface area contributed by atoms with E-state index in [9.17, 15) is 0 Å². The van der Waals surface area contributed by atoms with E-state index >= 15 is 0 Å². The molecular weight excluding hydrogens is 228 g/mol. The van der Waals surface area contributed by atoms with Gasteiger partial charge in [0.25, 0.3) is 0 Å². The molecule has 0 aliphatic carbocycles. The maximum Gasteiger partial charge on any atom is 0.224 e. The topological polar surface area (TPSA) is 59.9 Å². The first-order valence-corrected chi connectivity index (χ1v) is 5.83. The second kappa shape index (κ2) is 5.44. The third-order valence-electron chi connectivity index (χ3n) is 2.35. The van der Waals surface area contributed by atoms with Crippen LogP contribution in [0, 0.1) is 0 Å². The molecule has 1 N–H and O–H groups in total. The van der Waals surface area contributed by atoms with Crippen molar-refractivity contribution < 1.29 is 4.74 Å². The second-order valence-electron chi connectivity index (χ2n) is 4.15. The highest BCUT2D eigenvalue weighted by molar-refractivity contribution is 5.39. The molecule has 0 saturated heterocycles. The minimum atomic E-state index is 0.245. The molecule has 0 radical (unpaired) electrons. The summed E-state index contributed by atoms with van der Waals surface area (Å²) in [6.45, 7) is 4.09. The van der Waals surface area contributed by atoms with Crippen molar-refractivity contribution in [3.63, 3.8) is 0 Å². The zero-order valence-electron chi connectivity index (χ0n) is 10.7. The van der Waals surface area contributed by atoms with Gasteiger partial charge in [0.15, 0.2) is 0 Å². The van der Waals surface area contributed by atoms with Gasteiger partial charge in [0.05, 0.1) is 6.20 Å². The Kier molecular flexibility index (Phi) is 3.72. The minimum Gasteiger partial charge on any atom is -0.437 e. The van der Waals surface area contributed by atoms with Gasteiger partial charge in [-0.15, -0.1) is 0 Å². The van der Waals surface area contributed by atoms with E-state index in [0.29, 0.717) is 11.6 Å². The SMILES string of the molecule is CNc1cc(Oc2cccnc2)nc(C(C)C)n1. The molecule has 5 nitrogen and oxygen atoms in total. The van der Waals surface area contributed by atoms with Crippen molar-refractivity contribution in [2.75, 3.05) is 12.4 Å². The molecule has 18 heavy (non-hydrogen) atoms. The maximum atomic E-state index is 5.66. The summed E-state index contributed by atoms with van der Waals surface area (Å²) in [5.74, 6) is 2.92. The lowest BCUT2D eigenvalue weighted by molar-refractivity contribution is 0.455. The number of hydrogen-bond acceptors (Lipinski definition) is 5. The van der Waals surface area contributed by atoms with Gasteiger partial charge in [-0.05, 0) is 12.1 Å². The van der Waals surface area contributed by atoms with Gasteiger partial charge >= 0.3 is 0 Å². The summed E-state index contributed by atoms with van der Waals surface area (Å²) < 4.78 is 5.66. The normalized spacial score (nSPS) is 10.4. The maximum absolute atomic E-state index is 5.66. The Morgan fingerprint density at radius 2 is 2.11 bits per heavy atom. The van der Waals surface area contributed by atoms with Crippen molar-refractivity contribution in [1.82, 2.24) is 15.0 Å². The Bertz CT molecular complexity index is 514. The molecule has 0 amide bonds. The third kappa shape index (κ3) is 2.94. The van der Waals surface area contributed by atoms with E-state index in [1.807, 2.05) is 33.0 Å². The van der Waals surface area contributed by atoms with Crippen molar-refractivity contribution in [3.05, 3.63) is 36.4 Å². The summed E-state index contributed by atoms with van der Waals surface area (Å²) >= 11 is 0. The van der Waals surface area contributed by atoms with Crippen LogP contribution in [0.5, 0.6) is 11.6 Å². The predicted octanol–water partition coefficient (Wildman–Crippen LogP) is 2.83. The van der Waals surface area contributed by atoms with Crippen LogP contribution in [0.3, 0.4) is 0 Å². The Morgan fingerprint density at radius 3 is 2.72 bits per heavy atom. The van der Waals surface area contributed by atoms with Gasteiger partial charge in [0, 0.05) is 25.2 Å². The van der Waals surface area contributed by atoms with E-state index < -0.39 is 0 Å². The lowest BCUT2D eigenvalue weighted by atomic mass is 10.2. The van der Waals surface area contributed by atoms with Crippen molar-refractivity contribution in [1.29, 1.82) is 0 Å². The van der Waals surface area contributed by atoms with E-state index in [2.05, 4.69) is 20.3 Å². The number of ether oxygens (including phenoxy) is 1. The fourth-order valence-electron chi connectivity index (χ4n) is 1.41. The molecule has 0 spiro atoms. The van der Waals surface area contributed by atoms with Gasteiger partial charge in [-0.1, -0.05) is 13.8 Å². The lowest BCUT2D eigenvalue weighted by Gasteiger charge is -2.10. The summed E-state index contributed by atoms with van der Waals surface area (Å²) in [6.07, 6.45) is 3.35. The van der Waals surface area contributed by atoms with Crippen molar-refractivity contribution in [3.8, 4) is 11.6 Å². The van der Waals surface area contributed by atoms with Crippen LogP contribution in [0.4, 0.5) is 5.82 Å². The Balaban J connectivity index is 2.30. The minimum absolute atomic E-state index is 0.245. The Hall–Kier alpha value is -2.17. The molecule has 0 aliphatic heterocycles. The zero-order chi connectivity index (χ0) is 13.0. The third-order valence-corrected chi connectivity index (χ3v) is 2.35. The van der Waals surface area contributed by atoms with Gasteiger partial charge in [-0.25, -0.2) is 4.98 Å². The summed E-state index contributed by atoms with van der Waals surface area (Å²) in [6, 6.07) is 5.42. The van der Waals surface area contributed by atoms with Crippen LogP contribution in [0.2, 0.25) is 0 Å². The molecule has 94 valence electrons. The first-order valence-electron chi connectivity index (χ1n) is 5.83. The quantitative estimate of drug-likeness (QED) is 0.896. The molecule has 2 aromatic heterocycles. The van der Waals surface area contributed by atoms with E-state index in [1.54, 1.807) is 18.5 Å². The first-order chi connectivity index (χ1) is 8.69. The van der Waals surface area contributed by atoms with Gasteiger partial charge in [0.1, 0.15) is 17.4 Å². The number of nitrogens with zero attached hydrogens (tertiary/aromatic N) is 3. The smallest absolute Gasteiger partial charge is 0.224 e. The average molecular weight is 244 g/mol. The van der Waals surface area contributed by atoms with Gasteiger partial charge in [0.2, 0.25) is 5.88 Å². The highest BCUT2D eigenvalue weighted by Gasteiger charge is 2.08. The van der Waals surface area contributed by atoms with Crippen molar-refractivity contribution in [2.24, 2.45) is 0 Å². The zero-order valence-corrected chi connectivity index (χ0v) is 10.7. The van der Waals surface area contributed by atoms with Crippen LogP contribution in [-0.2, 0) is 0 Å². The van der Waals surface area contributed by atoms with Crippen molar-refractivity contribution >= 4 is 5.82 Å². The van der Waals surface area contributed by atoms with Gasteiger partial charge in [-0.2, -0.15) is 4.98 Å². The molecule has 2 aromatic rings. The van der Waals surface area contributed by atoms with E-state index in [0.717, 1.165) is 11.6 Å². The van der Waals surface area contributed by atoms with Crippen LogP contribution < -0.4 is 10.1 Å². The summed E-state index contributed by atoms with van der Waals surface area (Å²) in [7, 11) is 1.82. The number of aromatic nitrogens is 3. The largest absolute Gasteiger partial charge is 0.437 e. The summed E-state index contributed by atoms with van der Waals surface area (Å²) in [5.41, 5.74) is 0. The number of anilines is 1. The molecule has 0 atom stereocenters. The summed E-state index contributed by atoms with van der Waals surface area (Å²) in [5, 5.41) is 3.00. The molecule has 0 bridgehead atoms.